The molecule has 144 valence electrons. The van der Waals surface area contributed by atoms with Crippen LogP contribution in [0, 0.1) is 10.1 Å². The maximum Gasteiger partial charge on any atom is 0.416 e. The van der Waals surface area contributed by atoms with Gasteiger partial charge in [0.1, 0.15) is 5.56 Å². The number of carboxylic acids is 1. The molecular formula is C15H8F5NO6. The van der Waals surface area contributed by atoms with Gasteiger partial charge in [-0.3, -0.25) is 10.1 Å². The van der Waals surface area contributed by atoms with Crippen LogP contribution in [-0.2, 0) is 6.18 Å². The van der Waals surface area contributed by atoms with E-state index in [1.54, 1.807) is 0 Å². The van der Waals surface area contributed by atoms with E-state index >= 15 is 0 Å². The molecule has 0 aliphatic rings. The number of nitro benzene ring substituents is 1. The van der Waals surface area contributed by atoms with Crippen molar-refractivity contribution in [2.24, 2.45) is 0 Å². The number of rotatable bonds is 6. The third kappa shape index (κ3) is 4.59. The second kappa shape index (κ2) is 7.43. The maximum absolute atomic E-state index is 12.7. The molecule has 0 saturated carbocycles. The first-order chi connectivity index (χ1) is 12.5. The number of hydrogen-bond donors (Lipinski definition) is 1. The fourth-order valence-corrected chi connectivity index (χ4v) is 2.02. The van der Waals surface area contributed by atoms with Crippen LogP contribution in [0.15, 0.2) is 36.4 Å². The normalized spacial score (nSPS) is 11.3. The fraction of sp³-hybridized carbons (Fsp3) is 0.133. The van der Waals surface area contributed by atoms with E-state index in [1.807, 2.05) is 0 Å². The van der Waals surface area contributed by atoms with E-state index in [1.165, 1.54) is 0 Å². The van der Waals surface area contributed by atoms with Crippen LogP contribution in [0.25, 0.3) is 0 Å². The number of carbonyl (C=O) groups is 1. The van der Waals surface area contributed by atoms with Crippen LogP contribution in [-0.4, -0.2) is 22.6 Å². The molecule has 0 aromatic heterocycles. The number of halogens is 5. The molecule has 0 atom stereocenters. The van der Waals surface area contributed by atoms with Crippen molar-refractivity contribution in [3.8, 4) is 17.2 Å². The predicted molar refractivity (Wildman–Crippen MR) is 78.2 cm³/mol. The van der Waals surface area contributed by atoms with E-state index in [0.717, 1.165) is 18.2 Å². The quantitative estimate of drug-likeness (QED) is 0.434. The first-order valence-corrected chi connectivity index (χ1v) is 6.85. The molecule has 0 heterocycles. The van der Waals surface area contributed by atoms with Gasteiger partial charge in [-0.05, 0) is 24.3 Å². The summed E-state index contributed by atoms with van der Waals surface area (Å²) in [5.74, 6) is -3.97. The van der Waals surface area contributed by atoms with Crippen molar-refractivity contribution in [1.29, 1.82) is 0 Å². The number of aromatic carboxylic acids is 1. The highest BCUT2D eigenvalue weighted by Gasteiger charge is 2.33. The summed E-state index contributed by atoms with van der Waals surface area (Å²) in [5.41, 5.74) is -3.17. The van der Waals surface area contributed by atoms with Gasteiger partial charge in [-0.15, -0.1) is 0 Å². The molecule has 0 bridgehead atoms. The molecule has 0 saturated heterocycles. The highest BCUT2D eigenvalue weighted by atomic mass is 19.4. The number of ether oxygens (including phenoxy) is 2. The van der Waals surface area contributed by atoms with Crippen molar-refractivity contribution in [3.63, 3.8) is 0 Å². The lowest BCUT2D eigenvalue weighted by Gasteiger charge is -2.14. The molecule has 0 unspecified atom stereocenters. The zero-order valence-corrected chi connectivity index (χ0v) is 12.9. The van der Waals surface area contributed by atoms with E-state index in [9.17, 15) is 36.9 Å². The summed E-state index contributed by atoms with van der Waals surface area (Å²) in [5, 5.41) is 20.1. The van der Waals surface area contributed by atoms with Gasteiger partial charge in [0, 0.05) is 6.07 Å². The smallest absolute Gasteiger partial charge is 0.416 e. The summed E-state index contributed by atoms with van der Waals surface area (Å²) >= 11 is 0. The minimum absolute atomic E-state index is 0.198. The average Bonchev–Trinajstić information content (AvgIpc) is 2.54. The summed E-state index contributed by atoms with van der Waals surface area (Å²) in [6.07, 6.45) is -4.86. The molecule has 0 spiro atoms. The molecule has 2 aromatic rings. The standard InChI is InChI=1S/C15H8F5NO6/c16-14(17)27-12-8(13(22)23)2-1-3-11(12)26-10-5-4-7(15(18,19)20)6-9(10)21(24)25/h1-6,14H,(H,22,23). The largest absolute Gasteiger partial charge is 0.478 e. The molecule has 2 aromatic carbocycles. The van der Waals surface area contributed by atoms with Gasteiger partial charge >= 0.3 is 24.4 Å². The molecule has 0 aliphatic carbocycles. The van der Waals surface area contributed by atoms with Crippen LogP contribution in [0.1, 0.15) is 15.9 Å². The fourth-order valence-electron chi connectivity index (χ4n) is 2.02. The Bertz CT molecular complexity index is 883. The van der Waals surface area contributed by atoms with Crippen LogP contribution < -0.4 is 9.47 Å². The molecule has 7 nitrogen and oxygen atoms in total. The second-order valence-electron chi connectivity index (χ2n) is 4.86. The van der Waals surface area contributed by atoms with E-state index < -0.39 is 57.7 Å². The van der Waals surface area contributed by atoms with Gasteiger partial charge in [0.25, 0.3) is 0 Å². The van der Waals surface area contributed by atoms with Gasteiger partial charge in [0.2, 0.25) is 5.75 Å². The van der Waals surface area contributed by atoms with Crippen molar-refractivity contribution >= 4 is 11.7 Å². The van der Waals surface area contributed by atoms with Crippen molar-refractivity contribution in [2.75, 3.05) is 0 Å². The molecular weight excluding hydrogens is 385 g/mol. The summed E-state index contributed by atoms with van der Waals surface area (Å²) in [6.45, 7) is -3.45. The molecule has 2 rings (SSSR count). The maximum atomic E-state index is 12.7. The highest BCUT2D eigenvalue weighted by molar-refractivity contribution is 5.92. The Morgan fingerprint density at radius 3 is 2.33 bits per heavy atom. The minimum Gasteiger partial charge on any atom is -0.478 e. The van der Waals surface area contributed by atoms with Crippen LogP contribution in [0.4, 0.5) is 27.6 Å². The molecule has 0 amide bonds. The Morgan fingerprint density at radius 1 is 1.15 bits per heavy atom. The number of hydrogen-bond acceptors (Lipinski definition) is 5. The van der Waals surface area contributed by atoms with E-state index in [2.05, 4.69) is 4.74 Å². The van der Waals surface area contributed by atoms with Crippen molar-refractivity contribution in [1.82, 2.24) is 0 Å². The van der Waals surface area contributed by atoms with Crippen LogP contribution in [0.5, 0.6) is 17.2 Å². The number of nitro groups is 1. The topological polar surface area (TPSA) is 98.9 Å². The van der Waals surface area contributed by atoms with Gasteiger partial charge in [0.05, 0.1) is 10.5 Å². The second-order valence-corrected chi connectivity index (χ2v) is 4.86. The van der Waals surface area contributed by atoms with Gasteiger partial charge in [-0.1, -0.05) is 6.07 Å². The van der Waals surface area contributed by atoms with Gasteiger partial charge in [-0.2, -0.15) is 22.0 Å². The summed E-state index contributed by atoms with van der Waals surface area (Å²) in [6, 6.07) is 4.24. The third-order valence-electron chi connectivity index (χ3n) is 3.12. The molecule has 12 heteroatoms. The van der Waals surface area contributed by atoms with Crippen molar-refractivity contribution in [3.05, 3.63) is 57.6 Å². The Balaban J connectivity index is 2.55. The lowest BCUT2D eigenvalue weighted by Crippen LogP contribution is -2.09. The molecule has 0 fully saturated rings. The number of para-hydroxylation sites is 1. The zero-order valence-electron chi connectivity index (χ0n) is 12.9. The summed E-state index contributed by atoms with van der Waals surface area (Å²) in [7, 11) is 0. The highest BCUT2D eigenvalue weighted by Crippen LogP contribution is 2.41. The Kier molecular flexibility index (Phi) is 5.47. The first kappa shape index (κ1) is 19.9. The molecule has 0 radical (unpaired) electrons. The molecule has 1 N–H and O–H groups in total. The van der Waals surface area contributed by atoms with Crippen molar-refractivity contribution in [2.45, 2.75) is 12.8 Å². The molecule has 27 heavy (non-hydrogen) atoms. The Hall–Kier alpha value is -3.44. The molecule has 0 aliphatic heterocycles. The summed E-state index contributed by atoms with van der Waals surface area (Å²) < 4.78 is 72.4. The Morgan fingerprint density at radius 2 is 1.81 bits per heavy atom. The summed E-state index contributed by atoms with van der Waals surface area (Å²) in [4.78, 5) is 21.0. The van der Waals surface area contributed by atoms with Crippen LogP contribution >= 0.6 is 0 Å². The Labute approximate surface area is 146 Å². The number of nitrogens with zero attached hydrogens (tertiary/aromatic N) is 1. The van der Waals surface area contributed by atoms with Gasteiger partial charge < -0.3 is 14.6 Å². The third-order valence-corrected chi connectivity index (χ3v) is 3.12. The first-order valence-electron chi connectivity index (χ1n) is 6.85. The van der Waals surface area contributed by atoms with E-state index in [0.29, 0.717) is 12.1 Å². The van der Waals surface area contributed by atoms with Gasteiger partial charge in [-0.25, -0.2) is 4.79 Å². The zero-order chi connectivity index (χ0) is 20.4. The number of alkyl halides is 5. The minimum atomic E-state index is -4.86. The van der Waals surface area contributed by atoms with Crippen LogP contribution in [0.3, 0.4) is 0 Å². The SMILES string of the molecule is O=C(O)c1cccc(Oc2ccc(C(F)(F)F)cc2[N+](=O)[O-])c1OC(F)F. The lowest BCUT2D eigenvalue weighted by atomic mass is 10.1. The van der Waals surface area contributed by atoms with Gasteiger partial charge in [0.15, 0.2) is 11.5 Å². The van der Waals surface area contributed by atoms with E-state index in [4.69, 9.17) is 9.84 Å². The lowest BCUT2D eigenvalue weighted by molar-refractivity contribution is -0.385. The number of benzene rings is 2. The van der Waals surface area contributed by atoms with Crippen molar-refractivity contribution < 1.29 is 46.3 Å². The average molecular weight is 393 g/mol. The van der Waals surface area contributed by atoms with Crippen LogP contribution in [0.2, 0.25) is 0 Å². The predicted octanol–water partition coefficient (Wildman–Crippen LogP) is 4.71. The number of carboxylic acid groups (broad SMARTS) is 1. The monoisotopic (exact) mass is 393 g/mol. The van der Waals surface area contributed by atoms with E-state index in [-0.39, 0.29) is 6.07 Å².